The SMILES string of the molecule is O=C(O)C1CCCN1C(c1ccc(-c2ccccc2)cc1)c1ccc(F)cc1F. The average Bonchev–Trinajstić information content (AvgIpc) is 3.21. The van der Waals surface area contributed by atoms with Crippen LogP contribution in [0.4, 0.5) is 8.78 Å². The highest BCUT2D eigenvalue weighted by molar-refractivity contribution is 5.74. The van der Waals surface area contributed by atoms with Crippen LogP contribution in [0.15, 0.2) is 72.8 Å². The van der Waals surface area contributed by atoms with E-state index in [1.807, 2.05) is 54.6 Å². The number of halogens is 2. The number of nitrogens with zero attached hydrogens (tertiary/aromatic N) is 1. The molecule has 4 rings (SSSR count). The molecule has 148 valence electrons. The Balaban J connectivity index is 1.77. The molecule has 5 heteroatoms. The first-order chi connectivity index (χ1) is 14.0. The summed E-state index contributed by atoms with van der Waals surface area (Å²) in [5.41, 5.74) is 3.15. The van der Waals surface area contributed by atoms with E-state index in [0.29, 0.717) is 13.0 Å². The molecule has 0 aliphatic carbocycles. The van der Waals surface area contributed by atoms with Crippen LogP contribution in [0.2, 0.25) is 0 Å². The topological polar surface area (TPSA) is 40.5 Å². The van der Waals surface area contributed by atoms with Crippen LogP contribution in [0, 0.1) is 11.6 Å². The number of carboxylic acids is 1. The molecule has 29 heavy (non-hydrogen) atoms. The lowest BCUT2D eigenvalue weighted by molar-refractivity contribution is -0.142. The van der Waals surface area contributed by atoms with Gasteiger partial charge >= 0.3 is 5.97 Å². The van der Waals surface area contributed by atoms with Gasteiger partial charge in [0, 0.05) is 18.2 Å². The van der Waals surface area contributed by atoms with Crippen molar-refractivity contribution in [2.75, 3.05) is 6.54 Å². The van der Waals surface area contributed by atoms with Gasteiger partial charge in [0.25, 0.3) is 0 Å². The van der Waals surface area contributed by atoms with Gasteiger partial charge in [-0.2, -0.15) is 0 Å². The summed E-state index contributed by atoms with van der Waals surface area (Å²) in [6, 6.07) is 19.8. The summed E-state index contributed by atoms with van der Waals surface area (Å²) in [5.74, 6) is -2.24. The molecule has 1 N–H and O–H groups in total. The third-order valence-corrected chi connectivity index (χ3v) is 5.50. The zero-order chi connectivity index (χ0) is 20.4. The van der Waals surface area contributed by atoms with E-state index in [9.17, 15) is 18.7 Å². The van der Waals surface area contributed by atoms with Crippen LogP contribution >= 0.6 is 0 Å². The number of hydrogen-bond donors (Lipinski definition) is 1. The average molecular weight is 393 g/mol. The maximum atomic E-state index is 14.7. The van der Waals surface area contributed by atoms with E-state index >= 15 is 0 Å². The fraction of sp³-hybridized carbons (Fsp3) is 0.208. The predicted molar refractivity (Wildman–Crippen MR) is 107 cm³/mol. The molecule has 0 aromatic heterocycles. The van der Waals surface area contributed by atoms with E-state index in [4.69, 9.17) is 0 Å². The minimum absolute atomic E-state index is 0.284. The van der Waals surface area contributed by atoms with Gasteiger partial charge in [-0.1, -0.05) is 60.7 Å². The van der Waals surface area contributed by atoms with Crippen molar-refractivity contribution in [3.8, 4) is 11.1 Å². The molecule has 1 heterocycles. The van der Waals surface area contributed by atoms with Crippen LogP contribution in [0.5, 0.6) is 0 Å². The Morgan fingerprint density at radius 3 is 2.31 bits per heavy atom. The lowest BCUT2D eigenvalue weighted by Gasteiger charge is -2.32. The Kier molecular flexibility index (Phi) is 5.41. The van der Waals surface area contributed by atoms with Gasteiger partial charge in [0.15, 0.2) is 0 Å². The maximum absolute atomic E-state index is 14.7. The summed E-state index contributed by atoms with van der Waals surface area (Å²) < 4.78 is 28.2. The second kappa shape index (κ2) is 8.13. The zero-order valence-corrected chi connectivity index (χ0v) is 15.8. The monoisotopic (exact) mass is 393 g/mol. The number of carboxylic acid groups (broad SMARTS) is 1. The number of hydrogen-bond acceptors (Lipinski definition) is 2. The number of aliphatic carboxylic acids is 1. The first-order valence-electron chi connectivity index (χ1n) is 9.63. The minimum atomic E-state index is -0.920. The van der Waals surface area contributed by atoms with Gasteiger partial charge in [-0.25, -0.2) is 8.78 Å². The maximum Gasteiger partial charge on any atom is 0.320 e. The highest BCUT2D eigenvalue weighted by atomic mass is 19.1. The summed E-state index contributed by atoms with van der Waals surface area (Å²) >= 11 is 0. The Bertz CT molecular complexity index is 1010. The molecule has 1 aliphatic heterocycles. The first kappa shape index (κ1) is 19.3. The number of carbonyl (C=O) groups is 1. The molecule has 3 aromatic rings. The number of likely N-dealkylation sites (tertiary alicyclic amines) is 1. The second-order valence-corrected chi connectivity index (χ2v) is 7.29. The Morgan fingerprint density at radius 1 is 0.966 bits per heavy atom. The van der Waals surface area contributed by atoms with E-state index in [0.717, 1.165) is 29.2 Å². The summed E-state index contributed by atoms with van der Waals surface area (Å²) in [6.07, 6.45) is 1.23. The third kappa shape index (κ3) is 3.91. The molecule has 0 spiro atoms. The van der Waals surface area contributed by atoms with Gasteiger partial charge < -0.3 is 5.11 Å². The largest absolute Gasteiger partial charge is 0.480 e. The minimum Gasteiger partial charge on any atom is -0.480 e. The Hall–Kier alpha value is -3.05. The van der Waals surface area contributed by atoms with Crippen LogP contribution in [-0.4, -0.2) is 28.6 Å². The molecule has 1 saturated heterocycles. The molecule has 0 bridgehead atoms. The quantitative estimate of drug-likeness (QED) is 0.642. The van der Waals surface area contributed by atoms with E-state index in [2.05, 4.69) is 0 Å². The lowest BCUT2D eigenvalue weighted by Crippen LogP contribution is -2.39. The summed E-state index contributed by atoms with van der Waals surface area (Å²) in [5, 5.41) is 9.64. The lowest BCUT2D eigenvalue weighted by atomic mass is 9.94. The predicted octanol–water partition coefficient (Wildman–Crippen LogP) is 5.27. The third-order valence-electron chi connectivity index (χ3n) is 5.50. The molecular weight excluding hydrogens is 372 g/mol. The van der Waals surface area contributed by atoms with Gasteiger partial charge in [0.2, 0.25) is 0 Å². The normalized spacial score (nSPS) is 17.9. The van der Waals surface area contributed by atoms with Crippen molar-refractivity contribution in [2.45, 2.75) is 24.9 Å². The molecule has 1 aliphatic rings. The highest BCUT2D eigenvalue weighted by Crippen LogP contribution is 2.37. The fourth-order valence-corrected chi connectivity index (χ4v) is 4.12. The summed E-state index contributed by atoms with van der Waals surface area (Å²) in [6.45, 7) is 0.541. The van der Waals surface area contributed by atoms with Crippen molar-refractivity contribution in [3.05, 3.63) is 95.6 Å². The van der Waals surface area contributed by atoms with Gasteiger partial charge in [-0.3, -0.25) is 9.69 Å². The molecule has 0 amide bonds. The van der Waals surface area contributed by atoms with Gasteiger partial charge in [-0.15, -0.1) is 0 Å². The van der Waals surface area contributed by atoms with Gasteiger partial charge in [-0.05, 0) is 35.6 Å². The standard InChI is InChI=1S/C24H21F2NO2/c25-19-12-13-20(21(26)15-19)23(27-14-4-7-22(27)24(28)29)18-10-8-17(9-11-18)16-5-2-1-3-6-16/h1-3,5-6,8-13,15,22-23H,4,7,14H2,(H,28,29). The second-order valence-electron chi connectivity index (χ2n) is 7.29. The van der Waals surface area contributed by atoms with Crippen LogP contribution in [0.25, 0.3) is 11.1 Å². The molecule has 2 atom stereocenters. The number of rotatable bonds is 5. The van der Waals surface area contributed by atoms with Gasteiger partial charge in [0.05, 0.1) is 6.04 Å². The van der Waals surface area contributed by atoms with Crippen molar-refractivity contribution < 1.29 is 18.7 Å². The fourth-order valence-electron chi connectivity index (χ4n) is 4.12. The van der Waals surface area contributed by atoms with Gasteiger partial charge in [0.1, 0.15) is 17.7 Å². The molecule has 0 saturated carbocycles. The smallest absolute Gasteiger partial charge is 0.320 e. The molecule has 1 fully saturated rings. The van der Waals surface area contributed by atoms with E-state index in [1.165, 1.54) is 12.1 Å². The van der Waals surface area contributed by atoms with Crippen molar-refractivity contribution >= 4 is 5.97 Å². The Morgan fingerprint density at radius 2 is 1.66 bits per heavy atom. The summed E-state index contributed by atoms with van der Waals surface area (Å²) in [4.78, 5) is 13.6. The van der Waals surface area contributed by atoms with Crippen molar-refractivity contribution in [1.82, 2.24) is 4.90 Å². The van der Waals surface area contributed by atoms with Crippen LogP contribution in [0.3, 0.4) is 0 Å². The highest BCUT2D eigenvalue weighted by Gasteiger charge is 2.37. The molecule has 0 radical (unpaired) electrons. The van der Waals surface area contributed by atoms with E-state index < -0.39 is 29.7 Å². The van der Waals surface area contributed by atoms with E-state index in [1.54, 1.807) is 4.90 Å². The zero-order valence-electron chi connectivity index (χ0n) is 15.8. The molecule has 3 aromatic carbocycles. The Labute approximate surface area is 168 Å². The van der Waals surface area contributed by atoms with Crippen LogP contribution in [-0.2, 0) is 4.79 Å². The molecule has 3 nitrogen and oxygen atoms in total. The molecule has 2 unspecified atom stereocenters. The van der Waals surface area contributed by atoms with Crippen molar-refractivity contribution in [2.24, 2.45) is 0 Å². The van der Waals surface area contributed by atoms with E-state index in [-0.39, 0.29) is 5.56 Å². The van der Waals surface area contributed by atoms with Crippen LogP contribution < -0.4 is 0 Å². The number of benzene rings is 3. The first-order valence-corrected chi connectivity index (χ1v) is 9.63. The van der Waals surface area contributed by atoms with Crippen molar-refractivity contribution in [3.63, 3.8) is 0 Å². The van der Waals surface area contributed by atoms with Crippen molar-refractivity contribution in [1.29, 1.82) is 0 Å². The summed E-state index contributed by atoms with van der Waals surface area (Å²) in [7, 11) is 0. The van der Waals surface area contributed by atoms with Crippen LogP contribution in [0.1, 0.15) is 30.0 Å². The molecular formula is C24H21F2NO2.